The molecule has 2 aromatic carbocycles. The molecule has 0 radical (unpaired) electrons. The van der Waals surface area contributed by atoms with E-state index in [-0.39, 0.29) is 35.4 Å². The molecule has 0 N–H and O–H groups in total. The monoisotopic (exact) mass is 560 g/mol. The first-order valence-corrected chi connectivity index (χ1v) is 15.7. The molecule has 3 fully saturated rings. The molecule has 2 aromatic rings. The van der Waals surface area contributed by atoms with Crippen molar-refractivity contribution in [1.29, 1.82) is 0 Å². The molecule has 4 atom stereocenters. The lowest BCUT2D eigenvalue weighted by molar-refractivity contribution is -0.160. The number of amides is 1. The van der Waals surface area contributed by atoms with Crippen LogP contribution in [0.15, 0.2) is 54.6 Å². The molecule has 1 unspecified atom stereocenters. The number of hydrogen-bond donors (Lipinski definition) is 0. The van der Waals surface area contributed by atoms with Gasteiger partial charge in [-0.3, -0.25) is 9.59 Å². The third-order valence-electron chi connectivity index (χ3n) is 9.91. The molecule has 5 rings (SSSR count). The Bertz CT molecular complexity index is 1170. The third kappa shape index (κ3) is 7.32. The minimum absolute atomic E-state index is 0.0219. The number of esters is 1. The first-order valence-electron chi connectivity index (χ1n) is 15.7. The van der Waals surface area contributed by atoms with Gasteiger partial charge in [0.25, 0.3) is 0 Å². The highest BCUT2D eigenvalue weighted by Crippen LogP contribution is 2.52. The zero-order chi connectivity index (χ0) is 28.8. The second-order valence-electron chi connectivity index (χ2n) is 12.7. The number of ether oxygens (including phenoxy) is 2. The van der Waals surface area contributed by atoms with E-state index in [4.69, 9.17) is 9.47 Å². The number of rotatable bonds is 12. The fraction of sp³-hybridized carbons (Fsp3) is 0.600. The van der Waals surface area contributed by atoms with Gasteiger partial charge in [-0.05, 0) is 80.7 Å². The average molecular weight is 561 g/mol. The lowest BCUT2D eigenvalue weighted by Gasteiger charge is -2.56. The van der Waals surface area contributed by atoms with Crippen molar-refractivity contribution < 1.29 is 19.1 Å². The van der Waals surface area contributed by atoms with Crippen molar-refractivity contribution in [2.75, 3.05) is 33.8 Å². The van der Waals surface area contributed by atoms with Crippen LogP contribution in [-0.2, 0) is 26.2 Å². The van der Waals surface area contributed by atoms with Crippen molar-refractivity contribution in [3.63, 3.8) is 0 Å². The van der Waals surface area contributed by atoms with Gasteiger partial charge in [-0.15, -0.1) is 0 Å². The quantitative estimate of drug-likeness (QED) is 0.235. The van der Waals surface area contributed by atoms with Crippen LogP contribution in [0.1, 0.15) is 75.8 Å². The third-order valence-corrected chi connectivity index (χ3v) is 9.91. The molecule has 2 saturated carbocycles. The van der Waals surface area contributed by atoms with Gasteiger partial charge in [0.2, 0.25) is 5.91 Å². The molecule has 0 spiro atoms. The van der Waals surface area contributed by atoms with Crippen LogP contribution in [0.2, 0.25) is 0 Å². The van der Waals surface area contributed by atoms with Crippen molar-refractivity contribution >= 4 is 11.9 Å². The van der Waals surface area contributed by atoms with E-state index in [1.807, 2.05) is 24.1 Å². The summed E-state index contributed by atoms with van der Waals surface area (Å²) in [5.74, 6) is 1.81. The number of aryl methyl sites for hydroxylation is 1. The molecule has 222 valence electrons. The molecule has 0 bridgehead atoms. The number of carbonyl (C=O) groups is 2. The Morgan fingerprint density at radius 1 is 1.05 bits per heavy atom. The van der Waals surface area contributed by atoms with E-state index in [0.29, 0.717) is 12.8 Å². The van der Waals surface area contributed by atoms with Gasteiger partial charge in [0.15, 0.2) is 0 Å². The normalized spacial score (nSPS) is 26.2. The van der Waals surface area contributed by atoms with E-state index in [0.717, 1.165) is 69.8 Å². The number of fused-ring (bicyclic) bond motifs is 1. The summed E-state index contributed by atoms with van der Waals surface area (Å²) in [5.41, 5.74) is 2.42. The standard InChI is InChI=1S/C35H48N2O4/c1-26(38)41-33-22-30(36(2)34(39)16-9-5-8-13-27-11-6-4-7-12-27)23-35(29-14-10-15-31(21-29)40-3)19-20-37(25-32(33)35)24-28-17-18-28/h4,6-7,10-12,14-15,21,28,30,32-33H,5,8-9,13,16-20,22-25H2,1-3H3/t30-,32-,33?,35-/m0/s1. The van der Waals surface area contributed by atoms with E-state index in [2.05, 4.69) is 47.4 Å². The molecule has 2 aliphatic carbocycles. The summed E-state index contributed by atoms with van der Waals surface area (Å²) in [5, 5.41) is 0. The van der Waals surface area contributed by atoms with E-state index < -0.39 is 0 Å². The van der Waals surface area contributed by atoms with Crippen LogP contribution in [0, 0.1) is 11.8 Å². The Morgan fingerprint density at radius 3 is 2.59 bits per heavy atom. The van der Waals surface area contributed by atoms with Crippen LogP contribution in [-0.4, -0.2) is 67.6 Å². The Labute approximate surface area is 246 Å². The number of benzene rings is 2. The van der Waals surface area contributed by atoms with Gasteiger partial charge in [0.1, 0.15) is 11.9 Å². The molecule has 6 nitrogen and oxygen atoms in total. The first-order chi connectivity index (χ1) is 19.9. The lowest BCUT2D eigenvalue weighted by Crippen LogP contribution is -2.62. The highest BCUT2D eigenvalue weighted by Gasteiger charge is 2.54. The number of carbonyl (C=O) groups excluding carboxylic acids is 2. The predicted molar refractivity (Wildman–Crippen MR) is 162 cm³/mol. The van der Waals surface area contributed by atoms with Crippen molar-refractivity contribution in [3.05, 3.63) is 65.7 Å². The molecule has 6 heteroatoms. The van der Waals surface area contributed by atoms with Gasteiger partial charge in [0, 0.05) is 57.3 Å². The van der Waals surface area contributed by atoms with Crippen molar-refractivity contribution in [3.8, 4) is 5.75 Å². The molecular weight excluding hydrogens is 512 g/mol. The van der Waals surface area contributed by atoms with Crippen LogP contribution in [0.25, 0.3) is 0 Å². The van der Waals surface area contributed by atoms with Crippen LogP contribution < -0.4 is 4.74 Å². The second kappa shape index (κ2) is 13.4. The first kappa shape index (κ1) is 29.6. The van der Waals surface area contributed by atoms with Gasteiger partial charge in [-0.1, -0.05) is 48.9 Å². The second-order valence-corrected chi connectivity index (χ2v) is 12.7. The number of nitrogens with zero attached hydrogens (tertiary/aromatic N) is 2. The fourth-order valence-electron chi connectivity index (χ4n) is 7.44. The molecule has 41 heavy (non-hydrogen) atoms. The lowest BCUT2D eigenvalue weighted by atomic mass is 9.56. The van der Waals surface area contributed by atoms with Gasteiger partial charge in [-0.25, -0.2) is 0 Å². The Kier molecular flexibility index (Phi) is 9.69. The van der Waals surface area contributed by atoms with Gasteiger partial charge in [0.05, 0.1) is 7.11 Å². The average Bonchev–Trinajstić information content (AvgIpc) is 3.81. The van der Waals surface area contributed by atoms with Crippen molar-refractivity contribution in [2.45, 2.75) is 88.7 Å². The van der Waals surface area contributed by atoms with Crippen LogP contribution in [0.5, 0.6) is 5.75 Å². The molecule has 3 aliphatic rings. The van der Waals surface area contributed by atoms with Crippen molar-refractivity contribution in [1.82, 2.24) is 9.80 Å². The SMILES string of the molecule is COc1cccc([C@@]23CCN(CC4CC4)C[C@H]2C(OC(C)=O)C[C@H](N(C)C(=O)CCCCCc2ccccc2)C3)c1. The zero-order valence-electron chi connectivity index (χ0n) is 25.2. The highest BCUT2D eigenvalue weighted by molar-refractivity contribution is 5.76. The smallest absolute Gasteiger partial charge is 0.302 e. The Morgan fingerprint density at radius 2 is 1.85 bits per heavy atom. The summed E-state index contributed by atoms with van der Waals surface area (Å²) < 4.78 is 11.8. The van der Waals surface area contributed by atoms with E-state index in [1.54, 1.807) is 7.11 Å². The number of hydrogen-bond acceptors (Lipinski definition) is 5. The van der Waals surface area contributed by atoms with Crippen LogP contribution >= 0.6 is 0 Å². The van der Waals surface area contributed by atoms with Crippen molar-refractivity contribution in [2.24, 2.45) is 11.8 Å². The summed E-state index contributed by atoms with van der Waals surface area (Å²) >= 11 is 0. The summed E-state index contributed by atoms with van der Waals surface area (Å²) in [4.78, 5) is 30.4. The predicted octanol–water partition coefficient (Wildman–Crippen LogP) is 6.02. The zero-order valence-corrected chi connectivity index (χ0v) is 25.2. The number of methoxy groups -OCH3 is 1. The Hall–Kier alpha value is -2.86. The molecule has 1 aliphatic heterocycles. The Balaban J connectivity index is 1.31. The molecule has 0 aromatic heterocycles. The topological polar surface area (TPSA) is 59.1 Å². The van der Waals surface area contributed by atoms with E-state index in [9.17, 15) is 9.59 Å². The maximum absolute atomic E-state index is 13.5. The number of likely N-dealkylation sites (tertiary alicyclic amines) is 1. The number of unbranched alkanes of at least 4 members (excludes halogenated alkanes) is 2. The van der Waals surface area contributed by atoms with Crippen LogP contribution in [0.3, 0.4) is 0 Å². The van der Waals surface area contributed by atoms with E-state index in [1.165, 1.54) is 30.9 Å². The summed E-state index contributed by atoms with van der Waals surface area (Å²) in [6.45, 7) is 4.62. The summed E-state index contributed by atoms with van der Waals surface area (Å²) in [6.07, 6.45) is 9.67. The molecule has 1 heterocycles. The largest absolute Gasteiger partial charge is 0.497 e. The van der Waals surface area contributed by atoms with Crippen LogP contribution in [0.4, 0.5) is 0 Å². The molecule has 1 amide bonds. The summed E-state index contributed by atoms with van der Waals surface area (Å²) in [6, 6.07) is 19.0. The van der Waals surface area contributed by atoms with Gasteiger partial charge >= 0.3 is 5.97 Å². The maximum atomic E-state index is 13.5. The maximum Gasteiger partial charge on any atom is 0.302 e. The summed E-state index contributed by atoms with van der Waals surface area (Å²) in [7, 11) is 3.67. The minimum atomic E-state index is -0.234. The molecule has 1 saturated heterocycles. The molecular formula is C35H48N2O4. The fourth-order valence-corrected chi connectivity index (χ4v) is 7.44. The minimum Gasteiger partial charge on any atom is -0.497 e. The highest BCUT2D eigenvalue weighted by atomic mass is 16.5. The van der Waals surface area contributed by atoms with Gasteiger partial charge in [-0.2, -0.15) is 0 Å². The number of piperidine rings is 1. The van der Waals surface area contributed by atoms with E-state index >= 15 is 0 Å². The van der Waals surface area contributed by atoms with Gasteiger partial charge < -0.3 is 19.3 Å².